The van der Waals surface area contributed by atoms with Crippen LogP contribution in [-0.2, 0) is 19.0 Å². The number of hydrogen-bond acceptors (Lipinski definition) is 6. The fraction of sp³-hybridized carbons (Fsp3) is 0.929. The van der Waals surface area contributed by atoms with Crippen LogP contribution in [0.3, 0.4) is 0 Å². The van der Waals surface area contributed by atoms with Gasteiger partial charge < -0.3 is 10.1 Å². The van der Waals surface area contributed by atoms with E-state index >= 15 is 0 Å². The van der Waals surface area contributed by atoms with E-state index in [0.717, 1.165) is 32.1 Å². The molecule has 1 unspecified atom stereocenters. The number of rotatable bonds is 6. The number of piperidine rings is 1. The van der Waals surface area contributed by atoms with Crippen LogP contribution >= 0.6 is 0 Å². The minimum absolute atomic E-state index is 0.0731. The Kier molecular flexibility index (Phi) is 7.08. The second-order valence-electron chi connectivity index (χ2n) is 6.60. The molecule has 1 fully saturated rings. The van der Waals surface area contributed by atoms with Crippen molar-refractivity contribution in [2.45, 2.75) is 51.7 Å². The molecule has 0 saturated carbocycles. The van der Waals surface area contributed by atoms with Gasteiger partial charge >= 0.3 is 6.09 Å². The first-order valence-electron chi connectivity index (χ1n) is 7.62. The average molecular weight is 336 g/mol. The lowest BCUT2D eigenvalue weighted by molar-refractivity contribution is 0.0506. The molecule has 1 saturated heterocycles. The van der Waals surface area contributed by atoms with Gasteiger partial charge in [0.25, 0.3) is 10.1 Å². The van der Waals surface area contributed by atoms with Gasteiger partial charge in [0.15, 0.2) is 0 Å². The Bertz CT molecular complexity index is 458. The van der Waals surface area contributed by atoms with Gasteiger partial charge in [0.1, 0.15) is 5.60 Å². The maximum atomic E-state index is 11.6. The van der Waals surface area contributed by atoms with Crippen molar-refractivity contribution in [3.8, 4) is 0 Å². The molecule has 0 bridgehead atoms. The number of hydrogen-bond donors (Lipinski definition) is 1. The van der Waals surface area contributed by atoms with Crippen LogP contribution in [0.25, 0.3) is 0 Å². The summed E-state index contributed by atoms with van der Waals surface area (Å²) in [5, 5.41) is 2.72. The zero-order valence-electron chi connectivity index (χ0n) is 13.9. The summed E-state index contributed by atoms with van der Waals surface area (Å²) in [4.78, 5) is 13.7. The predicted octanol–water partition coefficient (Wildman–Crippen LogP) is 1.34. The van der Waals surface area contributed by atoms with Crippen molar-refractivity contribution in [2.24, 2.45) is 0 Å². The van der Waals surface area contributed by atoms with Crippen molar-refractivity contribution in [3.63, 3.8) is 0 Å². The third-order valence-corrected chi connectivity index (χ3v) is 3.86. The molecule has 0 radical (unpaired) electrons. The van der Waals surface area contributed by atoms with Crippen LogP contribution < -0.4 is 5.32 Å². The van der Waals surface area contributed by atoms with Crippen molar-refractivity contribution in [3.05, 3.63) is 0 Å². The van der Waals surface area contributed by atoms with E-state index in [0.29, 0.717) is 13.1 Å². The predicted molar refractivity (Wildman–Crippen MR) is 84.2 cm³/mol. The Labute approximate surface area is 133 Å². The molecule has 0 aromatic carbocycles. The van der Waals surface area contributed by atoms with E-state index in [1.54, 1.807) is 0 Å². The number of nitrogens with one attached hydrogen (secondary N) is 1. The van der Waals surface area contributed by atoms with E-state index in [-0.39, 0.29) is 12.6 Å². The highest BCUT2D eigenvalue weighted by molar-refractivity contribution is 7.85. The third-order valence-electron chi connectivity index (χ3n) is 3.29. The molecule has 1 N–H and O–H groups in total. The molecule has 0 aromatic heterocycles. The van der Waals surface area contributed by atoms with Gasteiger partial charge in [0.2, 0.25) is 0 Å². The SMILES string of the molecule is CC(C)(C)OC(=O)NCCN1CCCCC1COS(C)(=O)=O. The lowest BCUT2D eigenvalue weighted by atomic mass is 10.0. The third kappa shape index (κ3) is 8.55. The Morgan fingerprint density at radius 2 is 2.00 bits per heavy atom. The van der Waals surface area contributed by atoms with Gasteiger partial charge in [-0.1, -0.05) is 6.42 Å². The number of ether oxygens (including phenoxy) is 1. The van der Waals surface area contributed by atoms with E-state index < -0.39 is 21.8 Å². The van der Waals surface area contributed by atoms with E-state index in [9.17, 15) is 13.2 Å². The molecule has 0 aliphatic carbocycles. The molecular weight excluding hydrogens is 308 g/mol. The van der Waals surface area contributed by atoms with Crippen molar-refractivity contribution >= 4 is 16.2 Å². The Balaban J connectivity index is 2.36. The van der Waals surface area contributed by atoms with Crippen molar-refractivity contribution in [1.82, 2.24) is 10.2 Å². The summed E-state index contributed by atoms with van der Waals surface area (Å²) >= 11 is 0. The van der Waals surface area contributed by atoms with E-state index in [1.807, 2.05) is 20.8 Å². The molecule has 130 valence electrons. The molecule has 1 aliphatic heterocycles. The maximum absolute atomic E-state index is 11.6. The van der Waals surface area contributed by atoms with E-state index in [4.69, 9.17) is 8.92 Å². The van der Waals surface area contributed by atoms with Crippen LogP contribution in [0.2, 0.25) is 0 Å². The van der Waals surface area contributed by atoms with Crippen LogP contribution in [0, 0.1) is 0 Å². The standard InChI is InChI=1S/C14H28N2O5S/c1-14(2,3)21-13(17)15-8-10-16-9-6-5-7-12(16)11-20-22(4,18)19/h12H,5-11H2,1-4H3,(H,15,17). The lowest BCUT2D eigenvalue weighted by Gasteiger charge is -2.35. The molecule has 1 rings (SSSR count). The summed E-state index contributed by atoms with van der Waals surface area (Å²) < 4.78 is 32.3. The zero-order chi connectivity index (χ0) is 16.8. The largest absolute Gasteiger partial charge is 0.444 e. The molecule has 0 aromatic rings. The highest BCUT2D eigenvalue weighted by atomic mass is 32.2. The highest BCUT2D eigenvalue weighted by Gasteiger charge is 2.24. The molecular formula is C14H28N2O5S. The first kappa shape index (κ1) is 19.2. The van der Waals surface area contributed by atoms with Gasteiger partial charge in [-0.25, -0.2) is 4.79 Å². The van der Waals surface area contributed by atoms with Crippen LogP contribution in [0.4, 0.5) is 4.79 Å². The average Bonchev–Trinajstić information content (AvgIpc) is 2.34. The summed E-state index contributed by atoms with van der Waals surface area (Å²) in [6.45, 7) is 7.61. The first-order valence-corrected chi connectivity index (χ1v) is 9.44. The number of likely N-dealkylation sites (tertiary alicyclic amines) is 1. The van der Waals surface area contributed by atoms with Crippen LogP contribution in [-0.4, -0.2) is 63.6 Å². The molecule has 1 atom stereocenters. The molecule has 1 heterocycles. The van der Waals surface area contributed by atoms with Crippen molar-refractivity contribution in [1.29, 1.82) is 0 Å². The summed E-state index contributed by atoms with van der Waals surface area (Å²) in [6.07, 6.45) is 3.66. The number of carbonyl (C=O) groups excluding carboxylic acids is 1. The smallest absolute Gasteiger partial charge is 0.407 e. The first-order chi connectivity index (χ1) is 10.1. The number of nitrogens with zero attached hydrogens (tertiary/aromatic N) is 1. The van der Waals surface area contributed by atoms with Gasteiger partial charge in [-0.2, -0.15) is 8.42 Å². The Morgan fingerprint density at radius 1 is 1.32 bits per heavy atom. The number of alkyl carbamates (subject to hydrolysis) is 1. The minimum atomic E-state index is -3.42. The fourth-order valence-corrected chi connectivity index (χ4v) is 2.77. The molecule has 0 spiro atoms. The molecule has 7 nitrogen and oxygen atoms in total. The minimum Gasteiger partial charge on any atom is -0.444 e. The van der Waals surface area contributed by atoms with Crippen molar-refractivity contribution in [2.75, 3.05) is 32.5 Å². The molecule has 1 amide bonds. The van der Waals surface area contributed by atoms with Crippen LogP contribution in [0.1, 0.15) is 40.0 Å². The lowest BCUT2D eigenvalue weighted by Crippen LogP contribution is -2.46. The van der Waals surface area contributed by atoms with Gasteiger partial charge in [-0.15, -0.1) is 0 Å². The van der Waals surface area contributed by atoms with Crippen molar-refractivity contribution < 1.29 is 22.1 Å². The Morgan fingerprint density at radius 3 is 2.59 bits per heavy atom. The van der Waals surface area contributed by atoms with Crippen LogP contribution in [0.5, 0.6) is 0 Å². The summed E-state index contributed by atoms with van der Waals surface area (Å²) in [5.74, 6) is 0. The van der Waals surface area contributed by atoms with E-state index in [2.05, 4.69) is 10.2 Å². The topological polar surface area (TPSA) is 84.9 Å². The number of amides is 1. The highest BCUT2D eigenvalue weighted by Crippen LogP contribution is 2.17. The maximum Gasteiger partial charge on any atom is 0.407 e. The summed E-state index contributed by atoms with van der Waals surface area (Å²) in [6, 6.07) is 0.0731. The monoisotopic (exact) mass is 336 g/mol. The van der Waals surface area contributed by atoms with E-state index in [1.165, 1.54) is 0 Å². The zero-order valence-corrected chi connectivity index (χ0v) is 14.7. The Hall–Kier alpha value is -0.860. The van der Waals surface area contributed by atoms with Crippen LogP contribution in [0.15, 0.2) is 0 Å². The van der Waals surface area contributed by atoms with Gasteiger partial charge in [0.05, 0.1) is 12.9 Å². The number of carbonyl (C=O) groups is 1. The molecule has 1 aliphatic rings. The second-order valence-corrected chi connectivity index (χ2v) is 8.25. The molecule has 22 heavy (non-hydrogen) atoms. The summed E-state index contributed by atoms with van der Waals surface area (Å²) in [5.41, 5.74) is -0.513. The molecule has 8 heteroatoms. The fourth-order valence-electron chi connectivity index (χ4n) is 2.36. The normalized spacial score (nSPS) is 20.6. The quantitative estimate of drug-likeness (QED) is 0.737. The van der Waals surface area contributed by atoms with Gasteiger partial charge in [-0.3, -0.25) is 9.08 Å². The van der Waals surface area contributed by atoms with Gasteiger partial charge in [-0.05, 0) is 40.2 Å². The summed E-state index contributed by atoms with van der Waals surface area (Å²) in [7, 11) is -3.42. The second kappa shape index (κ2) is 8.12. The van der Waals surface area contributed by atoms with Gasteiger partial charge in [0, 0.05) is 19.1 Å².